The van der Waals surface area contributed by atoms with Crippen molar-refractivity contribution in [3.63, 3.8) is 0 Å². The van der Waals surface area contributed by atoms with Crippen molar-refractivity contribution in [1.82, 2.24) is 10.6 Å². The number of aliphatic hydroxyl groups excluding tert-OH is 1. The normalized spacial score (nSPS) is 27.9. The second-order valence-electron chi connectivity index (χ2n) is 12.7. The summed E-state index contributed by atoms with van der Waals surface area (Å²) < 4.78 is 38.8. The highest BCUT2D eigenvalue weighted by Crippen LogP contribution is 2.52. The molecule has 1 amide bonds. The fourth-order valence-electron chi connectivity index (χ4n) is 7.06. The molecule has 1 aliphatic heterocycles. The summed E-state index contributed by atoms with van der Waals surface area (Å²) in [6, 6.07) is 12.6. The highest BCUT2D eigenvalue weighted by Gasteiger charge is 2.45. The zero-order chi connectivity index (χ0) is 30.7. The Morgan fingerprint density at radius 2 is 1.84 bits per heavy atom. The number of aliphatic hydroxyl groups is 2. The first-order valence-electron chi connectivity index (χ1n) is 14.9. The van der Waals surface area contributed by atoms with Crippen molar-refractivity contribution >= 4 is 17.5 Å². The van der Waals surface area contributed by atoms with Gasteiger partial charge >= 0.3 is 0 Å². The van der Waals surface area contributed by atoms with E-state index in [9.17, 15) is 15.0 Å². The van der Waals surface area contributed by atoms with Crippen molar-refractivity contribution in [2.45, 2.75) is 75.7 Å². The molecule has 9 heteroatoms. The van der Waals surface area contributed by atoms with Gasteiger partial charge in [-0.05, 0) is 62.1 Å². The Balaban J connectivity index is 1.48. The molecule has 1 fully saturated rings. The van der Waals surface area contributed by atoms with Crippen molar-refractivity contribution in [3.8, 4) is 16.9 Å². The number of benzene rings is 3. The number of rotatable bonds is 6. The molecule has 0 aromatic heterocycles. The maximum Gasteiger partial charge on any atom is 0.251 e. The van der Waals surface area contributed by atoms with Crippen LogP contribution in [0, 0.1) is 17.6 Å². The monoisotopic (exact) mass is 610 g/mol. The third-order valence-electron chi connectivity index (χ3n) is 9.58. The summed E-state index contributed by atoms with van der Waals surface area (Å²) in [6.07, 6.45) is 2.55. The molecule has 3 aromatic carbocycles. The van der Waals surface area contributed by atoms with E-state index < -0.39 is 34.8 Å². The van der Waals surface area contributed by atoms with Crippen molar-refractivity contribution in [3.05, 3.63) is 86.9 Å². The van der Waals surface area contributed by atoms with E-state index in [2.05, 4.69) is 10.6 Å². The van der Waals surface area contributed by atoms with Gasteiger partial charge in [-0.2, -0.15) is 0 Å². The average molecular weight is 611 g/mol. The van der Waals surface area contributed by atoms with Crippen molar-refractivity contribution in [2.75, 3.05) is 13.6 Å². The van der Waals surface area contributed by atoms with E-state index in [1.54, 1.807) is 6.07 Å². The second kappa shape index (κ2) is 11.1. The summed E-state index contributed by atoms with van der Waals surface area (Å²) in [5, 5.41) is 27.2. The first-order chi connectivity index (χ1) is 20.4. The molecule has 2 aliphatic carbocycles. The van der Waals surface area contributed by atoms with Crippen LogP contribution < -0.4 is 15.4 Å². The molecule has 6 nitrogen and oxygen atoms in total. The lowest BCUT2D eigenvalue weighted by Gasteiger charge is -2.36. The van der Waals surface area contributed by atoms with Gasteiger partial charge in [-0.3, -0.25) is 4.79 Å². The Kier molecular flexibility index (Phi) is 7.78. The number of nitrogens with one attached hydrogen (secondary N) is 2. The third-order valence-corrected chi connectivity index (χ3v) is 9.95. The molecule has 3 aliphatic rings. The quantitative estimate of drug-likeness (QED) is 0.276. The number of ether oxygens (including phenoxy) is 1. The molecular weight excluding hydrogens is 574 g/mol. The van der Waals surface area contributed by atoms with E-state index in [4.69, 9.17) is 16.3 Å². The summed E-state index contributed by atoms with van der Waals surface area (Å²) >= 11 is 6.65. The minimum absolute atomic E-state index is 0.0272. The van der Waals surface area contributed by atoms with Crippen molar-refractivity contribution in [1.29, 1.82) is 0 Å². The first-order valence-corrected chi connectivity index (χ1v) is 15.3. The molecule has 3 aromatic rings. The average Bonchev–Trinajstić information content (AvgIpc) is 3.50. The Morgan fingerprint density at radius 1 is 1.14 bits per heavy atom. The van der Waals surface area contributed by atoms with Crippen LogP contribution in [0.15, 0.2) is 42.5 Å². The predicted octanol–water partition coefficient (Wildman–Crippen LogP) is 5.98. The van der Waals surface area contributed by atoms with Crippen LogP contribution in [0.3, 0.4) is 0 Å². The summed E-state index contributed by atoms with van der Waals surface area (Å²) in [4.78, 5) is 13.2. The van der Waals surface area contributed by atoms with Crippen LogP contribution in [0.2, 0.25) is 5.02 Å². The van der Waals surface area contributed by atoms with E-state index in [0.717, 1.165) is 18.4 Å². The summed E-state index contributed by atoms with van der Waals surface area (Å²) in [7, 11) is 1.45. The lowest BCUT2D eigenvalue weighted by atomic mass is 9.82. The van der Waals surface area contributed by atoms with Crippen molar-refractivity contribution in [2.24, 2.45) is 5.92 Å². The van der Waals surface area contributed by atoms with E-state index in [0.29, 0.717) is 36.9 Å². The number of amides is 1. The van der Waals surface area contributed by atoms with Gasteiger partial charge in [0.15, 0.2) is 5.60 Å². The summed E-state index contributed by atoms with van der Waals surface area (Å²) in [5.74, 6) is -2.12. The first kappa shape index (κ1) is 30.0. The summed E-state index contributed by atoms with van der Waals surface area (Å²) in [6.45, 7) is 4.05. The minimum Gasteiger partial charge on any atom is -0.480 e. The highest BCUT2D eigenvalue weighted by molar-refractivity contribution is 6.34. The molecule has 0 spiro atoms. The smallest absolute Gasteiger partial charge is 0.251 e. The van der Waals surface area contributed by atoms with Crippen LogP contribution in [-0.2, 0) is 18.4 Å². The number of carbonyl (C=O) groups excluding carboxylic acids is 1. The van der Waals surface area contributed by atoms with Gasteiger partial charge in [0.1, 0.15) is 17.4 Å². The Bertz CT molecular complexity index is 1570. The zero-order valence-corrected chi connectivity index (χ0v) is 25.3. The molecule has 228 valence electrons. The van der Waals surface area contributed by atoms with Crippen LogP contribution >= 0.6 is 11.6 Å². The third kappa shape index (κ3) is 5.22. The van der Waals surface area contributed by atoms with Gasteiger partial charge in [-0.25, -0.2) is 8.78 Å². The number of hydrogen-bond acceptors (Lipinski definition) is 5. The van der Waals surface area contributed by atoms with Gasteiger partial charge in [-0.15, -0.1) is 0 Å². The molecule has 43 heavy (non-hydrogen) atoms. The van der Waals surface area contributed by atoms with Crippen LogP contribution in [0.1, 0.15) is 78.2 Å². The molecule has 0 saturated heterocycles. The SMILES string of the molecule is CNC(=O)c1cc2c(c(F)c1-c1c(Cl)c(F)cc3c1C[C@@](CN[C@H]1CC[C@](C)(O)CC1)(c1ccccc1)O3)C(O)C(C)C2. The summed E-state index contributed by atoms with van der Waals surface area (Å²) in [5.41, 5.74) is 0.329. The number of hydrogen-bond donors (Lipinski definition) is 4. The molecule has 0 bridgehead atoms. The molecule has 6 rings (SSSR count). The fraction of sp³-hybridized carbons (Fsp3) is 0.441. The molecule has 1 saturated carbocycles. The molecule has 4 N–H and O–H groups in total. The Hall–Kier alpha value is -3.04. The predicted molar refractivity (Wildman–Crippen MR) is 161 cm³/mol. The fourth-order valence-corrected chi connectivity index (χ4v) is 7.33. The van der Waals surface area contributed by atoms with E-state index in [1.807, 2.05) is 44.2 Å². The molecule has 3 atom stereocenters. The van der Waals surface area contributed by atoms with Gasteiger partial charge < -0.3 is 25.6 Å². The maximum absolute atomic E-state index is 16.6. The van der Waals surface area contributed by atoms with Crippen LogP contribution in [0.25, 0.3) is 11.1 Å². The van der Waals surface area contributed by atoms with Crippen molar-refractivity contribution < 1.29 is 28.5 Å². The zero-order valence-electron chi connectivity index (χ0n) is 24.6. The van der Waals surface area contributed by atoms with Gasteiger partial charge in [0, 0.05) is 54.4 Å². The van der Waals surface area contributed by atoms with Crippen LogP contribution in [0.5, 0.6) is 5.75 Å². The van der Waals surface area contributed by atoms with Gasteiger partial charge in [0.25, 0.3) is 5.91 Å². The minimum atomic E-state index is -1.06. The number of halogens is 3. The topological polar surface area (TPSA) is 90.8 Å². The molecule has 0 radical (unpaired) electrons. The lowest BCUT2D eigenvalue weighted by Crippen LogP contribution is -2.48. The van der Waals surface area contributed by atoms with Gasteiger partial charge in [0.2, 0.25) is 0 Å². The van der Waals surface area contributed by atoms with Gasteiger partial charge in [-0.1, -0.05) is 48.9 Å². The number of carbonyl (C=O) groups is 1. The standard InChI is InChI=1S/C34H37ClF2N2O4/c1-18-13-19-14-22(32(41)38-3)28(30(37)26(19)31(18)40)27-23-16-34(20-7-5-4-6-8-20,43-25(23)15-24(36)29(27)35)17-39-21-9-11-33(2,42)12-10-21/h4-8,14-15,18,21,31,39-40,42H,9-13,16-17H2,1-3H3,(H,38,41)/t18?,21-,31?,33-,34-/m1/s1. The van der Waals surface area contributed by atoms with Crippen LogP contribution in [0.4, 0.5) is 8.78 Å². The van der Waals surface area contributed by atoms with E-state index in [1.165, 1.54) is 13.1 Å². The Labute approximate surface area is 255 Å². The molecule has 1 heterocycles. The van der Waals surface area contributed by atoms with Gasteiger partial charge in [0.05, 0.1) is 22.3 Å². The second-order valence-corrected chi connectivity index (χ2v) is 13.1. The Morgan fingerprint density at radius 3 is 2.51 bits per heavy atom. The number of fused-ring (bicyclic) bond motifs is 2. The largest absolute Gasteiger partial charge is 0.480 e. The highest BCUT2D eigenvalue weighted by atomic mass is 35.5. The van der Waals surface area contributed by atoms with E-state index >= 15 is 8.78 Å². The lowest BCUT2D eigenvalue weighted by molar-refractivity contribution is 0.0104. The molecular formula is C34H37ClF2N2O4. The molecule has 2 unspecified atom stereocenters. The van der Waals surface area contributed by atoms with E-state index in [-0.39, 0.29) is 51.4 Å². The maximum atomic E-state index is 16.6. The van der Waals surface area contributed by atoms with Crippen LogP contribution in [-0.4, -0.2) is 41.4 Å².